The van der Waals surface area contributed by atoms with E-state index in [0.29, 0.717) is 43.1 Å². The lowest BCUT2D eigenvalue weighted by Crippen LogP contribution is -2.40. The lowest BCUT2D eigenvalue weighted by Gasteiger charge is -2.19. The van der Waals surface area contributed by atoms with E-state index in [0.717, 1.165) is 0 Å². The van der Waals surface area contributed by atoms with Crippen LogP contribution in [0.25, 0.3) is 0 Å². The minimum absolute atomic E-state index is 0.301. The maximum Gasteiger partial charge on any atom is 0.326 e. The Bertz CT molecular complexity index is 555. The number of benzene rings is 1. The van der Waals surface area contributed by atoms with Crippen LogP contribution in [-0.2, 0) is 4.79 Å². The van der Waals surface area contributed by atoms with Crippen LogP contribution >= 0.6 is 0 Å². The largest absolute Gasteiger partial charge is 0.486 e. The van der Waals surface area contributed by atoms with Gasteiger partial charge in [-0.3, -0.25) is 4.79 Å². The number of hydrogen-bond donors (Lipinski definition) is 2. The molecular weight excluding hydrogens is 274 g/mol. The lowest BCUT2D eigenvalue weighted by atomic mass is 10.1. The van der Waals surface area contributed by atoms with E-state index in [4.69, 9.17) is 14.6 Å². The number of carboxylic acid groups (broad SMARTS) is 1. The van der Waals surface area contributed by atoms with Gasteiger partial charge in [-0.25, -0.2) is 4.79 Å². The minimum Gasteiger partial charge on any atom is -0.486 e. The van der Waals surface area contributed by atoms with Gasteiger partial charge in [-0.05, 0) is 31.0 Å². The number of ether oxygens (including phenoxy) is 2. The molecule has 112 valence electrons. The van der Waals surface area contributed by atoms with E-state index in [9.17, 15) is 9.59 Å². The molecule has 1 unspecified atom stereocenters. The molecule has 21 heavy (non-hydrogen) atoms. The van der Waals surface area contributed by atoms with Crippen molar-refractivity contribution in [1.82, 2.24) is 5.32 Å². The van der Waals surface area contributed by atoms with Crippen LogP contribution in [0.2, 0.25) is 0 Å². The third-order valence-electron chi connectivity index (χ3n) is 3.07. The van der Waals surface area contributed by atoms with Gasteiger partial charge in [0.15, 0.2) is 11.5 Å². The van der Waals surface area contributed by atoms with Crippen molar-refractivity contribution in [3.05, 3.63) is 36.4 Å². The Morgan fingerprint density at radius 2 is 2.05 bits per heavy atom. The molecule has 0 saturated carbocycles. The molecule has 0 saturated heterocycles. The maximum absolute atomic E-state index is 12.1. The first-order chi connectivity index (χ1) is 10.1. The number of aliphatic carboxylic acids is 1. The second-order valence-electron chi connectivity index (χ2n) is 4.59. The van der Waals surface area contributed by atoms with Gasteiger partial charge in [-0.1, -0.05) is 6.08 Å². The van der Waals surface area contributed by atoms with Crippen LogP contribution in [0.4, 0.5) is 0 Å². The molecule has 0 aliphatic carbocycles. The Kier molecular flexibility index (Phi) is 4.81. The molecule has 2 rings (SSSR count). The second kappa shape index (κ2) is 6.78. The number of allylic oxidation sites excluding steroid dienone is 1. The molecule has 1 aromatic rings. The molecule has 1 heterocycles. The van der Waals surface area contributed by atoms with Gasteiger partial charge in [0.25, 0.3) is 5.91 Å². The van der Waals surface area contributed by atoms with Crippen molar-refractivity contribution in [1.29, 1.82) is 0 Å². The van der Waals surface area contributed by atoms with Crippen molar-refractivity contribution in [3.8, 4) is 11.5 Å². The molecule has 0 spiro atoms. The highest BCUT2D eigenvalue weighted by Gasteiger charge is 2.21. The molecule has 1 aromatic carbocycles. The SMILES string of the molecule is C=CCCC(NC(=O)c1ccc2c(c1)OCCO2)C(=O)O. The van der Waals surface area contributed by atoms with E-state index in [2.05, 4.69) is 11.9 Å². The summed E-state index contributed by atoms with van der Waals surface area (Å²) < 4.78 is 10.8. The predicted octanol–water partition coefficient (Wildman–Crippen LogP) is 1.61. The summed E-state index contributed by atoms with van der Waals surface area (Å²) >= 11 is 0. The summed E-state index contributed by atoms with van der Waals surface area (Å²) in [6, 6.07) is 3.83. The van der Waals surface area contributed by atoms with Crippen LogP contribution in [0.5, 0.6) is 11.5 Å². The Hall–Kier alpha value is -2.50. The summed E-state index contributed by atoms with van der Waals surface area (Å²) in [6.45, 7) is 4.44. The third-order valence-corrected chi connectivity index (χ3v) is 3.07. The van der Waals surface area contributed by atoms with Crippen molar-refractivity contribution in [2.75, 3.05) is 13.2 Å². The van der Waals surface area contributed by atoms with Crippen LogP contribution in [0.3, 0.4) is 0 Å². The van der Waals surface area contributed by atoms with Crippen molar-refractivity contribution in [2.45, 2.75) is 18.9 Å². The van der Waals surface area contributed by atoms with E-state index >= 15 is 0 Å². The van der Waals surface area contributed by atoms with Gasteiger partial charge in [-0.2, -0.15) is 0 Å². The number of hydrogen-bond acceptors (Lipinski definition) is 4. The number of nitrogens with one attached hydrogen (secondary N) is 1. The lowest BCUT2D eigenvalue weighted by molar-refractivity contribution is -0.139. The molecular formula is C15H17NO5. The number of carbonyl (C=O) groups excluding carboxylic acids is 1. The zero-order valence-corrected chi connectivity index (χ0v) is 11.5. The van der Waals surface area contributed by atoms with Gasteiger partial charge < -0.3 is 19.9 Å². The van der Waals surface area contributed by atoms with Crippen LogP contribution in [0, 0.1) is 0 Å². The van der Waals surface area contributed by atoms with E-state index in [1.54, 1.807) is 24.3 Å². The summed E-state index contributed by atoms with van der Waals surface area (Å²) in [5, 5.41) is 11.6. The van der Waals surface area contributed by atoms with Crippen molar-refractivity contribution in [3.63, 3.8) is 0 Å². The van der Waals surface area contributed by atoms with Gasteiger partial charge in [-0.15, -0.1) is 6.58 Å². The zero-order chi connectivity index (χ0) is 15.2. The summed E-state index contributed by atoms with van der Waals surface area (Å²) in [7, 11) is 0. The van der Waals surface area contributed by atoms with Crippen LogP contribution in [0.15, 0.2) is 30.9 Å². The van der Waals surface area contributed by atoms with Gasteiger partial charge >= 0.3 is 5.97 Å². The number of carbonyl (C=O) groups is 2. The number of rotatable bonds is 6. The fourth-order valence-electron chi connectivity index (χ4n) is 1.97. The molecule has 1 aliphatic rings. The van der Waals surface area contributed by atoms with E-state index in [1.807, 2.05) is 0 Å². The summed E-state index contributed by atoms with van der Waals surface area (Å²) in [5.41, 5.74) is 0.337. The molecule has 1 aliphatic heterocycles. The minimum atomic E-state index is -1.07. The number of carboxylic acids is 1. The van der Waals surface area contributed by atoms with Gasteiger partial charge in [0.05, 0.1) is 0 Å². The molecule has 0 fully saturated rings. The zero-order valence-electron chi connectivity index (χ0n) is 11.5. The van der Waals surface area contributed by atoms with Crippen LogP contribution in [-0.4, -0.2) is 36.2 Å². The first kappa shape index (κ1) is 14.9. The van der Waals surface area contributed by atoms with Crippen LogP contribution in [0.1, 0.15) is 23.2 Å². The first-order valence-corrected chi connectivity index (χ1v) is 6.66. The van der Waals surface area contributed by atoms with Crippen molar-refractivity contribution < 1.29 is 24.2 Å². The number of amides is 1. The highest BCUT2D eigenvalue weighted by molar-refractivity contribution is 5.97. The molecule has 0 bridgehead atoms. The quantitative estimate of drug-likeness (QED) is 0.778. The van der Waals surface area contributed by atoms with E-state index in [1.165, 1.54) is 0 Å². The fourth-order valence-corrected chi connectivity index (χ4v) is 1.97. The van der Waals surface area contributed by atoms with Crippen molar-refractivity contribution in [2.24, 2.45) is 0 Å². The summed E-state index contributed by atoms with van der Waals surface area (Å²) in [4.78, 5) is 23.2. The Morgan fingerprint density at radius 3 is 2.71 bits per heavy atom. The van der Waals surface area contributed by atoms with Crippen LogP contribution < -0.4 is 14.8 Å². The normalized spacial score (nSPS) is 14.1. The first-order valence-electron chi connectivity index (χ1n) is 6.66. The van der Waals surface area contributed by atoms with Gasteiger partial charge in [0.2, 0.25) is 0 Å². The molecule has 6 nitrogen and oxygen atoms in total. The van der Waals surface area contributed by atoms with Gasteiger partial charge in [0, 0.05) is 5.56 Å². The fraction of sp³-hybridized carbons (Fsp3) is 0.333. The van der Waals surface area contributed by atoms with Gasteiger partial charge in [0.1, 0.15) is 19.3 Å². The summed E-state index contributed by atoms with van der Waals surface area (Å²) in [6.07, 6.45) is 2.43. The molecule has 1 atom stereocenters. The second-order valence-corrected chi connectivity index (χ2v) is 4.59. The Labute approximate surface area is 122 Å². The highest BCUT2D eigenvalue weighted by Crippen LogP contribution is 2.30. The molecule has 0 aromatic heterocycles. The Morgan fingerprint density at radius 1 is 1.33 bits per heavy atom. The third kappa shape index (κ3) is 3.75. The topological polar surface area (TPSA) is 84.9 Å². The summed E-state index contributed by atoms with van der Waals surface area (Å²) in [5.74, 6) is -0.447. The van der Waals surface area contributed by atoms with Crippen molar-refractivity contribution >= 4 is 11.9 Å². The van der Waals surface area contributed by atoms with E-state index in [-0.39, 0.29) is 0 Å². The average molecular weight is 291 g/mol. The Balaban J connectivity index is 2.08. The molecule has 6 heteroatoms. The smallest absolute Gasteiger partial charge is 0.326 e. The maximum atomic E-state index is 12.1. The monoisotopic (exact) mass is 291 g/mol. The predicted molar refractivity (Wildman–Crippen MR) is 75.8 cm³/mol. The molecule has 0 radical (unpaired) electrons. The average Bonchev–Trinajstić information content (AvgIpc) is 2.50. The number of fused-ring (bicyclic) bond motifs is 1. The van der Waals surface area contributed by atoms with E-state index < -0.39 is 17.9 Å². The molecule has 1 amide bonds. The standard InChI is InChI=1S/C15H17NO5/c1-2-3-4-11(15(18)19)16-14(17)10-5-6-12-13(9-10)21-8-7-20-12/h2,5-6,9,11H,1,3-4,7-8H2,(H,16,17)(H,18,19). The highest BCUT2D eigenvalue weighted by atomic mass is 16.6. The molecule has 2 N–H and O–H groups in total.